The highest BCUT2D eigenvalue weighted by atomic mass is 32.2. The van der Waals surface area contributed by atoms with E-state index in [1.54, 1.807) is 0 Å². The Morgan fingerprint density at radius 2 is 1.86 bits per heavy atom. The zero-order valence-corrected chi connectivity index (χ0v) is 19.7. The quantitative estimate of drug-likeness (QED) is 0.238. The van der Waals surface area contributed by atoms with Gasteiger partial charge in [-0.05, 0) is 35.9 Å². The molecule has 0 aliphatic heterocycles. The van der Waals surface area contributed by atoms with E-state index in [1.807, 2.05) is 4.72 Å². The number of halogens is 3. The van der Waals surface area contributed by atoms with Crippen molar-refractivity contribution in [1.82, 2.24) is 9.97 Å². The molecule has 0 aliphatic rings. The second kappa shape index (κ2) is 10.4. The van der Waals surface area contributed by atoms with Crippen LogP contribution >= 0.6 is 0 Å². The molecular weight excluding hydrogens is 499 g/mol. The predicted octanol–water partition coefficient (Wildman–Crippen LogP) is 4.37. The zero-order chi connectivity index (χ0) is 25.9. The van der Waals surface area contributed by atoms with Gasteiger partial charge in [-0.3, -0.25) is 9.52 Å². The van der Waals surface area contributed by atoms with Crippen molar-refractivity contribution in [3.63, 3.8) is 0 Å². The number of benzene rings is 2. The largest absolute Gasteiger partial charge is 0.490 e. The van der Waals surface area contributed by atoms with E-state index >= 15 is 4.39 Å². The van der Waals surface area contributed by atoms with E-state index in [1.165, 1.54) is 37.7 Å². The average molecular weight is 520 g/mol. The number of alkyl halides is 1. The number of aromatic amines is 1. The van der Waals surface area contributed by atoms with Gasteiger partial charge in [-0.2, -0.15) is 0 Å². The third kappa shape index (κ3) is 5.04. The van der Waals surface area contributed by atoms with Gasteiger partial charge in [0.25, 0.3) is 10.0 Å². The number of hydrogen-bond donors (Lipinski definition) is 2. The molecule has 2 aromatic heterocycles. The molecule has 12 heteroatoms. The van der Waals surface area contributed by atoms with Gasteiger partial charge in [0.2, 0.25) is 5.78 Å². The number of carbonyl (C=O) groups is 1. The minimum atomic E-state index is -4.31. The number of pyridine rings is 1. The van der Waals surface area contributed by atoms with Crippen molar-refractivity contribution in [2.45, 2.75) is 11.6 Å². The monoisotopic (exact) mass is 519 g/mol. The van der Waals surface area contributed by atoms with Crippen LogP contribution in [0.4, 0.5) is 18.9 Å². The van der Waals surface area contributed by atoms with E-state index in [0.29, 0.717) is 12.4 Å². The molecule has 0 bridgehead atoms. The molecule has 0 spiro atoms. The Hall–Kier alpha value is -3.90. The van der Waals surface area contributed by atoms with Crippen molar-refractivity contribution in [2.24, 2.45) is 0 Å². The Labute approximate surface area is 204 Å². The molecule has 4 aromatic rings. The van der Waals surface area contributed by atoms with E-state index in [4.69, 9.17) is 9.47 Å². The van der Waals surface area contributed by atoms with Crippen LogP contribution in [0.15, 0.2) is 59.8 Å². The highest BCUT2D eigenvalue weighted by Gasteiger charge is 2.26. The van der Waals surface area contributed by atoms with Gasteiger partial charge in [0.1, 0.15) is 30.5 Å². The highest BCUT2D eigenvalue weighted by molar-refractivity contribution is 7.92. The standard InChI is InChI=1S/C24H20F3N3O5S/c1-34-8-9-35-15-10-17-18(13-29-24(17)28-12-15)23(31)21-19(26)6-7-20(22(21)27)30-36(32,33)16-4-2-14(11-25)3-5-16/h2-7,10,12-13,30H,8-9,11H2,1H3,(H,28,29). The van der Waals surface area contributed by atoms with Gasteiger partial charge in [0, 0.05) is 24.3 Å². The molecule has 0 amide bonds. The van der Waals surface area contributed by atoms with E-state index in [9.17, 15) is 22.0 Å². The van der Waals surface area contributed by atoms with Crippen molar-refractivity contribution in [3.8, 4) is 5.75 Å². The van der Waals surface area contributed by atoms with Gasteiger partial charge in [0.05, 0.1) is 29.0 Å². The summed E-state index contributed by atoms with van der Waals surface area (Å²) in [4.78, 5) is 19.8. The number of methoxy groups -OCH3 is 1. The molecule has 0 unspecified atom stereocenters. The molecule has 4 rings (SSSR count). The lowest BCUT2D eigenvalue weighted by atomic mass is 10.0. The summed E-state index contributed by atoms with van der Waals surface area (Å²) in [6, 6.07) is 7.98. The fourth-order valence-electron chi connectivity index (χ4n) is 3.43. The molecule has 8 nitrogen and oxygen atoms in total. The summed E-state index contributed by atoms with van der Waals surface area (Å²) in [5.41, 5.74) is -1.12. The third-order valence-corrected chi connectivity index (χ3v) is 6.64. The van der Waals surface area contributed by atoms with Gasteiger partial charge in [-0.15, -0.1) is 0 Å². The molecule has 188 valence electrons. The van der Waals surface area contributed by atoms with Crippen LogP contribution in [0.5, 0.6) is 5.75 Å². The molecule has 0 fully saturated rings. The van der Waals surface area contributed by atoms with Gasteiger partial charge < -0.3 is 14.5 Å². The van der Waals surface area contributed by atoms with Crippen molar-refractivity contribution in [1.29, 1.82) is 0 Å². The summed E-state index contributed by atoms with van der Waals surface area (Å²) in [7, 11) is -2.80. The van der Waals surface area contributed by atoms with Crippen LogP contribution in [0.2, 0.25) is 0 Å². The SMILES string of the molecule is COCCOc1cnc2[nH]cc(C(=O)c3c(F)ccc(NS(=O)(=O)c4ccc(CF)cc4)c3F)c2c1. The number of aromatic nitrogens is 2. The van der Waals surface area contributed by atoms with Gasteiger partial charge in [-0.25, -0.2) is 26.6 Å². The number of sulfonamides is 1. The lowest BCUT2D eigenvalue weighted by Gasteiger charge is -2.12. The molecule has 0 aliphatic carbocycles. The number of ketones is 1. The number of fused-ring (bicyclic) bond motifs is 1. The molecule has 0 saturated carbocycles. The summed E-state index contributed by atoms with van der Waals surface area (Å²) < 4.78 is 80.5. The second-order valence-electron chi connectivity index (χ2n) is 7.61. The van der Waals surface area contributed by atoms with Crippen molar-refractivity contribution in [2.75, 3.05) is 25.0 Å². The van der Waals surface area contributed by atoms with Gasteiger partial charge in [0.15, 0.2) is 5.82 Å². The maximum absolute atomic E-state index is 15.3. The molecule has 36 heavy (non-hydrogen) atoms. The van der Waals surface area contributed by atoms with E-state index in [-0.39, 0.29) is 33.7 Å². The van der Waals surface area contributed by atoms with Crippen LogP contribution < -0.4 is 9.46 Å². The number of rotatable bonds is 10. The first-order chi connectivity index (χ1) is 17.2. The van der Waals surface area contributed by atoms with Crippen LogP contribution in [0.25, 0.3) is 11.0 Å². The number of carbonyl (C=O) groups excluding carboxylic acids is 1. The minimum absolute atomic E-state index is 0.0886. The van der Waals surface area contributed by atoms with Crippen LogP contribution in [-0.4, -0.2) is 44.5 Å². The Morgan fingerprint density at radius 3 is 2.56 bits per heavy atom. The third-order valence-electron chi connectivity index (χ3n) is 5.26. The average Bonchev–Trinajstić information content (AvgIpc) is 3.29. The summed E-state index contributed by atoms with van der Waals surface area (Å²) in [6.45, 7) is -0.245. The fraction of sp³-hybridized carbons (Fsp3) is 0.167. The minimum Gasteiger partial charge on any atom is -0.490 e. The Morgan fingerprint density at radius 1 is 1.11 bits per heavy atom. The summed E-state index contributed by atoms with van der Waals surface area (Å²) >= 11 is 0. The van der Waals surface area contributed by atoms with Crippen LogP contribution in [-0.2, 0) is 21.4 Å². The number of ether oxygens (including phenoxy) is 2. The van der Waals surface area contributed by atoms with Gasteiger partial charge >= 0.3 is 0 Å². The maximum atomic E-state index is 15.3. The number of nitrogens with one attached hydrogen (secondary N) is 2. The van der Waals surface area contributed by atoms with Crippen LogP contribution in [0, 0.1) is 11.6 Å². The Kier molecular flexibility index (Phi) is 7.27. The summed E-state index contributed by atoms with van der Waals surface area (Å²) in [5, 5.41) is 0.257. The van der Waals surface area contributed by atoms with Crippen molar-refractivity contribution in [3.05, 3.63) is 83.2 Å². The smallest absolute Gasteiger partial charge is 0.261 e. The first-order valence-corrected chi connectivity index (χ1v) is 12.0. The van der Waals surface area contributed by atoms with E-state index < -0.39 is 45.4 Å². The summed E-state index contributed by atoms with van der Waals surface area (Å²) in [5.74, 6) is -3.28. The molecule has 2 N–H and O–H groups in total. The predicted molar refractivity (Wildman–Crippen MR) is 125 cm³/mol. The van der Waals surface area contributed by atoms with Crippen molar-refractivity contribution >= 4 is 32.5 Å². The number of H-pyrrole nitrogens is 1. The first-order valence-electron chi connectivity index (χ1n) is 10.5. The molecule has 0 saturated heterocycles. The molecular formula is C24H20F3N3O5S. The summed E-state index contributed by atoms with van der Waals surface area (Å²) in [6.07, 6.45) is 2.67. The first kappa shape index (κ1) is 25.2. The topological polar surface area (TPSA) is 110 Å². The van der Waals surface area contributed by atoms with E-state index in [0.717, 1.165) is 24.3 Å². The van der Waals surface area contributed by atoms with Gasteiger partial charge in [-0.1, -0.05) is 12.1 Å². The van der Waals surface area contributed by atoms with Crippen molar-refractivity contribution < 1.29 is 35.9 Å². The Bertz CT molecular complexity index is 1520. The van der Waals surface area contributed by atoms with E-state index in [2.05, 4.69) is 9.97 Å². The number of nitrogens with zero attached hydrogens (tertiary/aromatic N) is 1. The van der Waals surface area contributed by atoms with Crippen LogP contribution in [0.3, 0.4) is 0 Å². The molecule has 0 atom stereocenters. The highest BCUT2D eigenvalue weighted by Crippen LogP contribution is 2.29. The molecule has 0 radical (unpaired) electrons. The second-order valence-corrected chi connectivity index (χ2v) is 9.29. The number of anilines is 1. The molecule has 2 heterocycles. The fourth-order valence-corrected chi connectivity index (χ4v) is 4.49. The molecule has 2 aromatic carbocycles. The number of hydrogen-bond acceptors (Lipinski definition) is 6. The maximum Gasteiger partial charge on any atom is 0.261 e. The lowest BCUT2D eigenvalue weighted by molar-refractivity contribution is 0.103. The zero-order valence-electron chi connectivity index (χ0n) is 18.8. The van der Waals surface area contributed by atoms with Crippen LogP contribution in [0.1, 0.15) is 21.5 Å². The lowest BCUT2D eigenvalue weighted by Crippen LogP contribution is -2.16. The normalized spacial score (nSPS) is 11.6. The Balaban J connectivity index is 1.68.